The Morgan fingerprint density at radius 2 is 2.31 bits per heavy atom. The summed E-state index contributed by atoms with van der Waals surface area (Å²) >= 11 is 3.19. The van der Waals surface area contributed by atoms with Crippen LogP contribution in [0.2, 0.25) is 0 Å². The van der Waals surface area contributed by atoms with Crippen LogP contribution in [0.4, 0.5) is 15.8 Å². The van der Waals surface area contributed by atoms with Crippen LogP contribution in [0, 0.1) is 10.1 Å². The van der Waals surface area contributed by atoms with Crippen molar-refractivity contribution in [3.63, 3.8) is 0 Å². The van der Waals surface area contributed by atoms with Crippen molar-refractivity contribution in [3.05, 3.63) is 26.7 Å². The van der Waals surface area contributed by atoms with Gasteiger partial charge in [-0.1, -0.05) is 15.9 Å². The molecule has 1 rings (SSSR count). The third-order valence-electron chi connectivity index (χ3n) is 1.83. The van der Waals surface area contributed by atoms with Gasteiger partial charge in [0.2, 0.25) is 5.75 Å². The van der Waals surface area contributed by atoms with Crippen LogP contribution in [0.1, 0.15) is 0 Å². The summed E-state index contributed by atoms with van der Waals surface area (Å²) in [7, 11) is 1.56. The zero-order valence-corrected chi connectivity index (χ0v) is 10.1. The molecule has 0 unspecified atom stereocenters. The standard InChI is InChI=1S/C9H10BrFN2O3/c1-12-7-4-6(10)5-8(16-3-2-11)9(7)13(14)15/h4-5,12H,2-3H2,1H3. The predicted molar refractivity (Wildman–Crippen MR) is 61.8 cm³/mol. The highest BCUT2D eigenvalue weighted by Gasteiger charge is 2.21. The Kier molecular flexibility index (Phi) is 4.48. The lowest BCUT2D eigenvalue weighted by Gasteiger charge is -2.09. The Morgan fingerprint density at radius 1 is 1.62 bits per heavy atom. The normalized spacial score (nSPS) is 9.94. The van der Waals surface area contributed by atoms with Gasteiger partial charge in [-0.05, 0) is 6.07 Å². The fourth-order valence-electron chi connectivity index (χ4n) is 1.21. The SMILES string of the molecule is CNc1cc(Br)cc(OCCF)c1[N+](=O)[O-]. The van der Waals surface area contributed by atoms with Gasteiger partial charge in [-0.15, -0.1) is 0 Å². The molecule has 0 heterocycles. The number of hydrogen-bond acceptors (Lipinski definition) is 4. The average Bonchev–Trinajstić information content (AvgIpc) is 2.24. The van der Waals surface area contributed by atoms with Gasteiger partial charge in [0.1, 0.15) is 19.0 Å². The average molecular weight is 293 g/mol. The van der Waals surface area contributed by atoms with Crippen LogP contribution in [0.25, 0.3) is 0 Å². The number of nitrogens with one attached hydrogen (secondary N) is 1. The first kappa shape index (κ1) is 12.7. The summed E-state index contributed by atoms with van der Waals surface area (Å²) in [6.07, 6.45) is 0. The number of anilines is 1. The van der Waals surface area contributed by atoms with Crippen LogP contribution < -0.4 is 10.1 Å². The lowest BCUT2D eigenvalue weighted by atomic mass is 10.2. The minimum absolute atomic E-state index is 0.0429. The second-order valence-electron chi connectivity index (χ2n) is 2.84. The van der Waals surface area contributed by atoms with E-state index in [4.69, 9.17) is 4.74 Å². The van der Waals surface area contributed by atoms with Crippen LogP contribution in [0.5, 0.6) is 5.75 Å². The molecule has 16 heavy (non-hydrogen) atoms. The van der Waals surface area contributed by atoms with Crippen LogP contribution in [-0.4, -0.2) is 25.3 Å². The van der Waals surface area contributed by atoms with Crippen LogP contribution in [0.15, 0.2) is 16.6 Å². The third-order valence-corrected chi connectivity index (χ3v) is 2.28. The second-order valence-corrected chi connectivity index (χ2v) is 3.76. The maximum absolute atomic E-state index is 12.0. The summed E-state index contributed by atoms with van der Waals surface area (Å²) in [5, 5.41) is 13.5. The Balaban J connectivity index is 3.21. The molecule has 0 amide bonds. The molecule has 0 saturated heterocycles. The Hall–Kier alpha value is -1.37. The van der Waals surface area contributed by atoms with E-state index >= 15 is 0 Å². The lowest BCUT2D eigenvalue weighted by Crippen LogP contribution is -2.04. The maximum atomic E-state index is 12.0. The number of nitro benzene ring substituents is 1. The molecule has 0 aliphatic rings. The topological polar surface area (TPSA) is 64.4 Å². The predicted octanol–water partition coefficient (Wildman–Crippen LogP) is 2.75. The van der Waals surface area contributed by atoms with E-state index in [0.717, 1.165) is 0 Å². The first-order valence-electron chi connectivity index (χ1n) is 4.44. The van der Waals surface area contributed by atoms with Crippen molar-refractivity contribution in [2.75, 3.05) is 25.6 Å². The summed E-state index contributed by atoms with van der Waals surface area (Å²) in [6.45, 7) is -0.904. The number of rotatable bonds is 5. The summed E-state index contributed by atoms with van der Waals surface area (Å²) in [4.78, 5) is 10.3. The van der Waals surface area contributed by atoms with Gasteiger partial charge < -0.3 is 10.1 Å². The van der Waals surface area contributed by atoms with Crippen molar-refractivity contribution in [2.24, 2.45) is 0 Å². The number of alkyl halides is 1. The minimum Gasteiger partial charge on any atom is -0.484 e. The molecule has 0 fully saturated rings. The summed E-state index contributed by atoms with van der Waals surface area (Å²) < 4.78 is 17.6. The van der Waals surface area contributed by atoms with E-state index in [-0.39, 0.29) is 18.0 Å². The van der Waals surface area contributed by atoms with Crippen LogP contribution in [-0.2, 0) is 0 Å². The fraction of sp³-hybridized carbons (Fsp3) is 0.333. The van der Waals surface area contributed by atoms with Crippen molar-refractivity contribution in [1.82, 2.24) is 0 Å². The van der Waals surface area contributed by atoms with Crippen molar-refractivity contribution in [1.29, 1.82) is 0 Å². The van der Waals surface area contributed by atoms with Gasteiger partial charge in [0.05, 0.1) is 4.92 Å². The molecule has 1 N–H and O–H groups in total. The Bertz CT molecular complexity index is 401. The van der Waals surface area contributed by atoms with E-state index < -0.39 is 11.6 Å². The summed E-state index contributed by atoms with van der Waals surface area (Å²) in [5.74, 6) is 0.0429. The molecule has 1 aromatic carbocycles. The quantitative estimate of drug-likeness (QED) is 0.669. The molecule has 0 aliphatic carbocycles. The van der Waals surface area contributed by atoms with Crippen molar-refractivity contribution in [2.45, 2.75) is 0 Å². The fourth-order valence-corrected chi connectivity index (χ4v) is 1.65. The molecule has 0 spiro atoms. The van der Waals surface area contributed by atoms with E-state index in [1.807, 2.05) is 0 Å². The minimum atomic E-state index is -0.696. The molecule has 0 aromatic heterocycles. The van der Waals surface area contributed by atoms with Crippen LogP contribution >= 0.6 is 15.9 Å². The first-order chi connectivity index (χ1) is 7.60. The van der Waals surface area contributed by atoms with Crippen molar-refractivity contribution in [3.8, 4) is 5.75 Å². The number of hydrogen-bond donors (Lipinski definition) is 1. The molecular weight excluding hydrogens is 283 g/mol. The molecule has 0 bridgehead atoms. The number of ether oxygens (including phenoxy) is 1. The molecule has 88 valence electrons. The van der Waals surface area contributed by atoms with E-state index in [2.05, 4.69) is 21.2 Å². The first-order valence-corrected chi connectivity index (χ1v) is 5.24. The summed E-state index contributed by atoms with van der Waals surface area (Å²) in [5.41, 5.74) is 0.118. The zero-order valence-electron chi connectivity index (χ0n) is 8.50. The number of benzene rings is 1. The Morgan fingerprint density at radius 3 is 2.81 bits per heavy atom. The zero-order chi connectivity index (χ0) is 12.1. The maximum Gasteiger partial charge on any atom is 0.333 e. The van der Waals surface area contributed by atoms with Gasteiger partial charge in [0.25, 0.3) is 0 Å². The molecule has 1 aromatic rings. The van der Waals surface area contributed by atoms with Crippen molar-refractivity contribution >= 4 is 27.3 Å². The molecule has 7 heteroatoms. The smallest absolute Gasteiger partial charge is 0.333 e. The molecule has 5 nitrogen and oxygen atoms in total. The van der Waals surface area contributed by atoms with E-state index in [0.29, 0.717) is 10.2 Å². The highest BCUT2D eigenvalue weighted by atomic mass is 79.9. The van der Waals surface area contributed by atoms with E-state index in [1.165, 1.54) is 6.07 Å². The lowest BCUT2D eigenvalue weighted by molar-refractivity contribution is -0.385. The molecule has 0 atom stereocenters. The molecule has 0 saturated carbocycles. The Labute approximate surface area is 99.9 Å². The van der Waals surface area contributed by atoms with Gasteiger partial charge in [-0.2, -0.15) is 0 Å². The van der Waals surface area contributed by atoms with Crippen molar-refractivity contribution < 1.29 is 14.1 Å². The molecule has 0 radical (unpaired) electrons. The third kappa shape index (κ3) is 2.82. The largest absolute Gasteiger partial charge is 0.484 e. The van der Waals surface area contributed by atoms with Gasteiger partial charge in [0.15, 0.2) is 0 Å². The highest BCUT2D eigenvalue weighted by molar-refractivity contribution is 9.10. The monoisotopic (exact) mass is 292 g/mol. The second kappa shape index (κ2) is 5.64. The number of nitrogens with zero attached hydrogens (tertiary/aromatic N) is 1. The van der Waals surface area contributed by atoms with E-state index in [9.17, 15) is 14.5 Å². The number of nitro groups is 1. The summed E-state index contributed by atoms with van der Waals surface area (Å²) in [6, 6.07) is 3.00. The van der Waals surface area contributed by atoms with Gasteiger partial charge in [-0.25, -0.2) is 4.39 Å². The highest BCUT2D eigenvalue weighted by Crippen LogP contribution is 2.37. The van der Waals surface area contributed by atoms with E-state index in [1.54, 1.807) is 13.1 Å². The molecular formula is C9H10BrFN2O3. The van der Waals surface area contributed by atoms with Gasteiger partial charge in [0, 0.05) is 17.6 Å². The van der Waals surface area contributed by atoms with Gasteiger partial charge in [-0.3, -0.25) is 10.1 Å². The molecule has 0 aliphatic heterocycles. The number of halogens is 2. The van der Waals surface area contributed by atoms with Crippen LogP contribution in [0.3, 0.4) is 0 Å². The van der Waals surface area contributed by atoms with Gasteiger partial charge >= 0.3 is 5.69 Å².